The predicted octanol–water partition coefficient (Wildman–Crippen LogP) is 3.24. The minimum atomic E-state index is 0.737. The molecule has 0 spiro atoms. The molecule has 0 radical (unpaired) electrons. The van der Waals surface area contributed by atoms with Crippen LogP contribution in [0.15, 0.2) is 18.3 Å². The van der Waals surface area contributed by atoms with Crippen LogP contribution in [0.25, 0.3) is 0 Å². The number of pyridine rings is 1. The lowest BCUT2D eigenvalue weighted by Gasteiger charge is -2.12. The highest BCUT2D eigenvalue weighted by Gasteiger charge is 1.99. The first-order chi connectivity index (χ1) is 6.72. The van der Waals surface area contributed by atoms with Gasteiger partial charge in [-0.15, -0.1) is 0 Å². The molecule has 0 saturated heterocycles. The molecule has 1 aromatic rings. The van der Waals surface area contributed by atoms with Gasteiger partial charge in [-0.3, -0.25) is 4.98 Å². The second kappa shape index (κ2) is 5.63. The first-order valence-electron chi connectivity index (χ1n) is 5.39. The number of hydrogen-bond acceptors (Lipinski definition) is 2. The molecule has 0 aliphatic heterocycles. The molecule has 1 N–H and O–H groups in total. The molecule has 0 aliphatic rings. The van der Waals surface area contributed by atoms with E-state index in [4.69, 9.17) is 0 Å². The quantitative estimate of drug-likeness (QED) is 0.774. The molecule has 14 heavy (non-hydrogen) atoms. The van der Waals surface area contributed by atoms with Crippen LogP contribution >= 0.6 is 0 Å². The van der Waals surface area contributed by atoms with Gasteiger partial charge in [0.1, 0.15) is 0 Å². The zero-order valence-electron chi connectivity index (χ0n) is 9.38. The third-order valence-corrected chi connectivity index (χ3v) is 2.35. The molecule has 0 bridgehead atoms. The summed E-state index contributed by atoms with van der Waals surface area (Å²) in [7, 11) is 0. The molecule has 2 nitrogen and oxygen atoms in total. The Bertz CT molecular complexity index is 254. The van der Waals surface area contributed by atoms with Gasteiger partial charge in [-0.2, -0.15) is 0 Å². The predicted molar refractivity (Wildman–Crippen MR) is 61.5 cm³/mol. The lowest BCUT2D eigenvalue weighted by atomic mass is 10.1. The Kier molecular flexibility index (Phi) is 4.44. The second-order valence-corrected chi connectivity index (χ2v) is 3.96. The molecule has 2 heteroatoms. The van der Waals surface area contributed by atoms with Crippen LogP contribution in [0.3, 0.4) is 0 Å². The van der Waals surface area contributed by atoms with Crippen LogP contribution in [0, 0.1) is 12.8 Å². The van der Waals surface area contributed by atoms with Gasteiger partial charge in [0.25, 0.3) is 0 Å². The molecule has 0 amide bonds. The number of aromatic nitrogens is 1. The molecule has 1 unspecified atom stereocenters. The Morgan fingerprint density at radius 1 is 1.43 bits per heavy atom. The summed E-state index contributed by atoms with van der Waals surface area (Å²) in [5.41, 5.74) is 2.19. The van der Waals surface area contributed by atoms with Gasteiger partial charge >= 0.3 is 0 Å². The van der Waals surface area contributed by atoms with Gasteiger partial charge in [-0.1, -0.05) is 20.3 Å². The van der Waals surface area contributed by atoms with Gasteiger partial charge < -0.3 is 5.32 Å². The monoisotopic (exact) mass is 192 g/mol. The summed E-state index contributed by atoms with van der Waals surface area (Å²) in [5, 5.41) is 3.39. The smallest absolute Gasteiger partial charge is 0.0527 e. The van der Waals surface area contributed by atoms with E-state index in [1.807, 2.05) is 19.2 Å². The lowest BCUT2D eigenvalue weighted by molar-refractivity contribution is 0.550. The summed E-state index contributed by atoms with van der Waals surface area (Å²) < 4.78 is 0. The van der Waals surface area contributed by atoms with Crippen molar-refractivity contribution in [1.29, 1.82) is 0 Å². The molecule has 1 heterocycles. The third-order valence-electron chi connectivity index (χ3n) is 2.35. The van der Waals surface area contributed by atoms with E-state index >= 15 is 0 Å². The summed E-state index contributed by atoms with van der Waals surface area (Å²) in [6.45, 7) is 7.55. The van der Waals surface area contributed by atoms with Gasteiger partial charge in [-0.25, -0.2) is 0 Å². The fourth-order valence-corrected chi connectivity index (χ4v) is 1.46. The summed E-state index contributed by atoms with van der Waals surface area (Å²) >= 11 is 0. The number of hydrogen-bond donors (Lipinski definition) is 1. The van der Waals surface area contributed by atoms with Crippen LogP contribution < -0.4 is 5.32 Å². The third kappa shape index (κ3) is 3.77. The van der Waals surface area contributed by atoms with Gasteiger partial charge in [0.2, 0.25) is 0 Å². The van der Waals surface area contributed by atoms with Crippen molar-refractivity contribution >= 4 is 5.69 Å². The summed E-state index contributed by atoms with van der Waals surface area (Å²) in [6.07, 6.45) is 4.44. The number of nitrogens with one attached hydrogen (secondary N) is 1. The normalized spacial score (nSPS) is 12.5. The van der Waals surface area contributed by atoms with Crippen LogP contribution in [0.4, 0.5) is 5.69 Å². The van der Waals surface area contributed by atoms with Gasteiger partial charge in [0.05, 0.1) is 11.9 Å². The molecule has 0 aromatic carbocycles. The Morgan fingerprint density at radius 2 is 2.21 bits per heavy atom. The molecule has 1 aromatic heterocycles. The average Bonchev–Trinajstić information content (AvgIpc) is 2.17. The minimum absolute atomic E-state index is 0.737. The van der Waals surface area contributed by atoms with Crippen LogP contribution in [0.2, 0.25) is 0 Å². The largest absolute Gasteiger partial charge is 0.384 e. The molecule has 1 rings (SSSR count). The van der Waals surface area contributed by atoms with Crippen molar-refractivity contribution in [2.45, 2.75) is 33.6 Å². The molecular formula is C12H20N2. The Labute approximate surface area is 86.8 Å². The highest BCUT2D eigenvalue weighted by atomic mass is 14.9. The standard InChI is InChI=1S/C12H20N2/c1-4-5-10(2)8-14-12-7-6-11(3)13-9-12/h6-7,9-10,14H,4-5,8H2,1-3H3. The average molecular weight is 192 g/mol. The molecule has 0 fully saturated rings. The molecular weight excluding hydrogens is 172 g/mol. The van der Waals surface area contributed by atoms with Crippen molar-refractivity contribution in [3.8, 4) is 0 Å². The van der Waals surface area contributed by atoms with Crippen LogP contribution in [0.1, 0.15) is 32.4 Å². The van der Waals surface area contributed by atoms with Gasteiger partial charge in [-0.05, 0) is 31.4 Å². The Hall–Kier alpha value is -1.05. The summed E-state index contributed by atoms with van der Waals surface area (Å²) in [6, 6.07) is 4.12. The fourth-order valence-electron chi connectivity index (χ4n) is 1.46. The molecule has 0 saturated carbocycles. The topological polar surface area (TPSA) is 24.9 Å². The molecule has 1 atom stereocenters. The van der Waals surface area contributed by atoms with E-state index in [9.17, 15) is 0 Å². The molecule has 78 valence electrons. The molecule has 0 aliphatic carbocycles. The van der Waals surface area contributed by atoms with Crippen LogP contribution in [-0.2, 0) is 0 Å². The maximum Gasteiger partial charge on any atom is 0.0527 e. The highest BCUT2D eigenvalue weighted by molar-refractivity contribution is 5.40. The zero-order valence-corrected chi connectivity index (χ0v) is 9.38. The van der Waals surface area contributed by atoms with Gasteiger partial charge in [0.15, 0.2) is 0 Å². The van der Waals surface area contributed by atoms with Crippen molar-refractivity contribution in [2.24, 2.45) is 5.92 Å². The maximum absolute atomic E-state index is 4.24. The number of rotatable bonds is 5. The maximum atomic E-state index is 4.24. The van der Waals surface area contributed by atoms with E-state index in [1.54, 1.807) is 0 Å². The van der Waals surface area contributed by atoms with E-state index in [1.165, 1.54) is 12.8 Å². The first kappa shape index (κ1) is 11.0. The van der Waals surface area contributed by atoms with E-state index in [0.29, 0.717) is 0 Å². The number of nitrogens with zero attached hydrogens (tertiary/aromatic N) is 1. The second-order valence-electron chi connectivity index (χ2n) is 3.96. The SMILES string of the molecule is CCCC(C)CNc1ccc(C)nc1. The van der Waals surface area contributed by atoms with E-state index in [-0.39, 0.29) is 0 Å². The van der Waals surface area contributed by atoms with E-state index in [0.717, 1.165) is 23.8 Å². The van der Waals surface area contributed by atoms with Gasteiger partial charge in [0, 0.05) is 12.2 Å². The number of aryl methyl sites for hydroxylation is 1. The Balaban J connectivity index is 2.34. The zero-order chi connectivity index (χ0) is 10.4. The fraction of sp³-hybridized carbons (Fsp3) is 0.583. The minimum Gasteiger partial charge on any atom is -0.384 e. The van der Waals surface area contributed by atoms with Crippen molar-refractivity contribution in [3.05, 3.63) is 24.0 Å². The van der Waals surface area contributed by atoms with Crippen molar-refractivity contribution in [2.75, 3.05) is 11.9 Å². The number of anilines is 1. The van der Waals surface area contributed by atoms with Crippen LogP contribution in [-0.4, -0.2) is 11.5 Å². The van der Waals surface area contributed by atoms with Crippen molar-refractivity contribution in [1.82, 2.24) is 4.98 Å². The lowest BCUT2D eigenvalue weighted by Crippen LogP contribution is -2.11. The van der Waals surface area contributed by atoms with Crippen molar-refractivity contribution < 1.29 is 0 Å². The van der Waals surface area contributed by atoms with Crippen LogP contribution in [0.5, 0.6) is 0 Å². The highest BCUT2D eigenvalue weighted by Crippen LogP contribution is 2.09. The Morgan fingerprint density at radius 3 is 2.79 bits per heavy atom. The van der Waals surface area contributed by atoms with E-state index < -0.39 is 0 Å². The van der Waals surface area contributed by atoms with E-state index in [2.05, 4.69) is 30.2 Å². The summed E-state index contributed by atoms with van der Waals surface area (Å²) in [4.78, 5) is 4.24. The van der Waals surface area contributed by atoms with Crippen molar-refractivity contribution in [3.63, 3.8) is 0 Å². The first-order valence-corrected chi connectivity index (χ1v) is 5.39. The summed E-state index contributed by atoms with van der Waals surface area (Å²) in [5.74, 6) is 0.737.